The van der Waals surface area contributed by atoms with Crippen molar-refractivity contribution in [2.24, 2.45) is 0 Å². The summed E-state index contributed by atoms with van der Waals surface area (Å²) in [7, 11) is 0. The van der Waals surface area contributed by atoms with Crippen molar-refractivity contribution in [2.45, 2.75) is 19.8 Å². The highest BCUT2D eigenvalue weighted by Gasteiger charge is 1.91. The standard InChI is InChI=1S/C10H13BrO/c1-2-3-8-12-10-6-4-9(11)5-7-10/h4-7H,2-3,8H2,1H3. The molecule has 0 spiro atoms. The second kappa shape index (κ2) is 5.20. The first kappa shape index (κ1) is 9.59. The Labute approximate surface area is 81.9 Å². The SMILES string of the molecule is CCCCOc1ccc(Br)cc1. The summed E-state index contributed by atoms with van der Waals surface area (Å²) in [5, 5.41) is 0. The van der Waals surface area contributed by atoms with E-state index in [9.17, 15) is 0 Å². The molecule has 0 unspecified atom stereocenters. The van der Waals surface area contributed by atoms with Crippen molar-refractivity contribution in [1.82, 2.24) is 0 Å². The van der Waals surface area contributed by atoms with Crippen LogP contribution in [0.1, 0.15) is 19.8 Å². The highest BCUT2D eigenvalue weighted by molar-refractivity contribution is 9.10. The van der Waals surface area contributed by atoms with Gasteiger partial charge < -0.3 is 4.74 Å². The third-order valence-corrected chi connectivity index (χ3v) is 2.11. The first-order valence-corrected chi connectivity index (χ1v) is 5.00. The number of benzene rings is 1. The molecule has 0 bridgehead atoms. The summed E-state index contributed by atoms with van der Waals surface area (Å²) in [6, 6.07) is 7.92. The molecule has 0 saturated carbocycles. The average molecular weight is 229 g/mol. The van der Waals surface area contributed by atoms with Gasteiger partial charge in [-0.15, -0.1) is 0 Å². The number of ether oxygens (including phenoxy) is 1. The fourth-order valence-electron chi connectivity index (χ4n) is 0.865. The molecule has 0 radical (unpaired) electrons. The van der Waals surface area contributed by atoms with E-state index in [0.717, 1.165) is 23.2 Å². The Morgan fingerprint density at radius 1 is 1.25 bits per heavy atom. The molecule has 0 atom stereocenters. The van der Waals surface area contributed by atoms with Crippen LogP contribution in [0, 0.1) is 0 Å². The molecule has 0 N–H and O–H groups in total. The summed E-state index contributed by atoms with van der Waals surface area (Å²) < 4.78 is 6.57. The maximum Gasteiger partial charge on any atom is 0.119 e. The number of hydrogen-bond acceptors (Lipinski definition) is 1. The van der Waals surface area contributed by atoms with E-state index in [-0.39, 0.29) is 0 Å². The Morgan fingerprint density at radius 3 is 2.50 bits per heavy atom. The second-order valence-electron chi connectivity index (χ2n) is 2.66. The van der Waals surface area contributed by atoms with Crippen LogP contribution < -0.4 is 4.74 Å². The smallest absolute Gasteiger partial charge is 0.119 e. The summed E-state index contributed by atoms with van der Waals surface area (Å²) in [4.78, 5) is 0. The number of rotatable bonds is 4. The van der Waals surface area contributed by atoms with Gasteiger partial charge in [0.1, 0.15) is 5.75 Å². The van der Waals surface area contributed by atoms with Crippen molar-refractivity contribution in [2.75, 3.05) is 6.61 Å². The van der Waals surface area contributed by atoms with Gasteiger partial charge in [0.15, 0.2) is 0 Å². The summed E-state index contributed by atoms with van der Waals surface area (Å²) in [6.07, 6.45) is 2.30. The molecule has 0 aliphatic heterocycles. The highest BCUT2D eigenvalue weighted by Crippen LogP contribution is 2.16. The fourth-order valence-corrected chi connectivity index (χ4v) is 1.13. The highest BCUT2D eigenvalue weighted by atomic mass is 79.9. The predicted octanol–water partition coefficient (Wildman–Crippen LogP) is 3.63. The van der Waals surface area contributed by atoms with E-state index >= 15 is 0 Å². The molecule has 0 fully saturated rings. The van der Waals surface area contributed by atoms with Crippen molar-refractivity contribution < 1.29 is 4.74 Å². The molecule has 2 heteroatoms. The minimum atomic E-state index is 0.818. The van der Waals surface area contributed by atoms with Gasteiger partial charge in [0.25, 0.3) is 0 Å². The molecular formula is C10H13BrO. The van der Waals surface area contributed by atoms with Crippen LogP contribution in [0.5, 0.6) is 5.75 Å². The van der Waals surface area contributed by atoms with Crippen molar-refractivity contribution >= 4 is 15.9 Å². The summed E-state index contributed by atoms with van der Waals surface area (Å²) in [5.41, 5.74) is 0. The molecule has 66 valence electrons. The lowest BCUT2D eigenvalue weighted by atomic mass is 10.3. The molecule has 0 aliphatic rings. The predicted molar refractivity (Wildman–Crippen MR) is 54.5 cm³/mol. The molecule has 0 heterocycles. The molecule has 12 heavy (non-hydrogen) atoms. The molecule has 1 aromatic rings. The molecule has 1 nitrogen and oxygen atoms in total. The third-order valence-electron chi connectivity index (χ3n) is 1.58. The van der Waals surface area contributed by atoms with Crippen molar-refractivity contribution in [3.05, 3.63) is 28.7 Å². The topological polar surface area (TPSA) is 9.23 Å². The van der Waals surface area contributed by atoms with Gasteiger partial charge in [-0.05, 0) is 30.7 Å². The lowest BCUT2D eigenvalue weighted by Crippen LogP contribution is -1.95. The quantitative estimate of drug-likeness (QED) is 0.716. The van der Waals surface area contributed by atoms with Gasteiger partial charge in [-0.25, -0.2) is 0 Å². The Morgan fingerprint density at radius 2 is 1.92 bits per heavy atom. The number of unbranched alkanes of at least 4 members (excludes halogenated alkanes) is 1. The molecule has 0 aromatic heterocycles. The van der Waals surface area contributed by atoms with Gasteiger partial charge in [0.2, 0.25) is 0 Å². The van der Waals surface area contributed by atoms with Crippen molar-refractivity contribution in [3.63, 3.8) is 0 Å². The lowest BCUT2D eigenvalue weighted by molar-refractivity contribution is 0.309. The average Bonchev–Trinajstić information content (AvgIpc) is 2.09. The lowest BCUT2D eigenvalue weighted by Gasteiger charge is -2.04. The summed E-state index contributed by atoms with van der Waals surface area (Å²) in [6.45, 7) is 2.98. The van der Waals surface area contributed by atoms with E-state index in [1.807, 2.05) is 24.3 Å². The van der Waals surface area contributed by atoms with E-state index in [0.29, 0.717) is 0 Å². The largest absolute Gasteiger partial charge is 0.494 e. The van der Waals surface area contributed by atoms with Crippen LogP contribution in [0.15, 0.2) is 28.7 Å². The number of halogens is 1. The summed E-state index contributed by atoms with van der Waals surface area (Å²) >= 11 is 3.37. The molecule has 0 aliphatic carbocycles. The van der Waals surface area contributed by atoms with E-state index < -0.39 is 0 Å². The van der Waals surface area contributed by atoms with Crippen LogP contribution in [0.25, 0.3) is 0 Å². The monoisotopic (exact) mass is 228 g/mol. The zero-order chi connectivity index (χ0) is 8.81. The van der Waals surface area contributed by atoms with Crippen LogP contribution in [0.3, 0.4) is 0 Å². The molecule has 1 rings (SSSR count). The van der Waals surface area contributed by atoms with Gasteiger partial charge in [-0.3, -0.25) is 0 Å². The minimum Gasteiger partial charge on any atom is -0.494 e. The van der Waals surface area contributed by atoms with Gasteiger partial charge in [0.05, 0.1) is 6.61 Å². The molecular weight excluding hydrogens is 216 g/mol. The number of hydrogen-bond donors (Lipinski definition) is 0. The van der Waals surface area contributed by atoms with Gasteiger partial charge in [0, 0.05) is 4.47 Å². The zero-order valence-corrected chi connectivity index (χ0v) is 8.80. The van der Waals surface area contributed by atoms with Gasteiger partial charge in [-0.1, -0.05) is 29.3 Å². The van der Waals surface area contributed by atoms with Crippen LogP contribution in [0.4, 0.5) is 0 Å². The van der Waals surface area contributed by atoms with Crippen LogP contribution >= 0.6 is 15.9 Å². The van der Waals surface area contributed by atoms with Crippen molar-refractivity contribution in [3.8, 4) is 5.75 Å². The zero-order valence-electron chi connectivity index (χ0n) is 7.22. The van der Waals surface area contributed by atoms with Crippen LogP contribution in [-0.2, 0) is 0 Å². The van der Waals surface area contributed by atoms with Crippen LogP contribution in [-0.4, -0.2) is 6.61 Å². The Hall–Kier alpha value is -0.500. The Kier molecular flexibility index (Phi) is 4.15. The Bertz CT molecular complexity index is 218. The van der Waals surface area contributed by atoms with Crippen LogP contribution in [0.2, 0.25) is 0 Å². The van der Waals surface area contributed by atoms with Gasteiger partial charge >= 0.3 is 0 Å². The van der Waals surface area contributed by atoms with E-state index in [1.54, 1.807) is 0 Å². The van der Waals surface area contributed by atoms with Gasteiger partial charge in [-0.2, -0.15) is 0 Å². The normalized spacial score (nSPS) is 9.83. The summed E-state index contributed by atoms with van der Waals surface area (Å²) in [5.74, 6) is 0.951. The van der Waals surface area contributed by atoms with Crippen molar-refractivity contribution in [1.29, 1.82) is 0 Å². The molecule has 0 saturated heterocycles. The first-order valence-electron chi connectivity index (χ1n) is 4.21. The van der Waals surface area contributed by atoms with E-state index in [4.69, 9.17) is 4.74 Å². The minimum absolute atomic E-state index is 0.818. The Balaban J connectivity index is 2.37. The molecule has 0 amide bonds. The maximum atomic E-state index is 5.48. The maximum absolute atomic E-state index is 5.48. The van der Waals surface area contributed by atoms with E-state index in [1.165, 1.54) is 6.42 Å². The second-order valence-corrected chi connectivity index (χ2v) is 3.57. The molecule has 1 aromatic carbocycles. The third kappa shape index (κ3) is 3.26. The first-order chi connectivity index (χ1) is 5.83. The fraction of sp³-hybridized carbons (Fsp3) is 0.400. The van der Waals surface area contributed by atoms with E-state index in [2.05, 4.69) is 22.9 Å².